The first-order chi connectivity index (χ1) is 17.8. The van der Waals surface area contributed by atoms with Crippen molar-refractivity contribution < 1.29 is 18.7 Å². The van der Waals surface area contributed by atoms with E-state index >= 15 is 0 Å². The Balaban J connectivity index is 1.43. The summed E-state index contributed by atoms with van der Waals surface area (Å²) in [6.07, 6.45) is 3.22. The zero-order valence-electron chi connectivity index (χ0n) is 21.4. The van der Waals surface area contributed by atoms with Crippen LogP contribution in [0.1, 0.15) is 33.6 Å². The number of nitrogens with one attached hydrogen (secondary N) is 1. The molecule has 0 saturated carbocycles. The van der Waals surface area contributed by atoms with E-state index in [0.717, 1.165) is 28.1 Å². The van der Waals surface area contributed by atoms with Gasteiger partial charge in [0.05, 0.1) is 30.7 Å². The van der Waals surface area contributed by atoms with Gasteiger partial charge in [-0.05, 0) is 74.4 Å². The van der Waals surface area contributed by atoms with Crippen LogP contribution in [0, 0.1) is 26.6 Å². The Bertz CT molecular complexity index is 1420. The van der Waals surface area contributed by atoms with Crippen LogP contribution >= 0.6 is 0 Å². The molecular weight excluding hydrogens is 469 g/mol. The Morgan fingerprint density at radius 1 is 1.05 bits per heavy atom. The lowest BCUT2D eigenvalue weighted by Gasteiger charge is -2.11. The number of carbonyl (C=O) groups is 1. The van der Waals surface area contributed by atoms with Gasteiger partial charge < -0.3 is 14.8 Å². The van der Waals surface area contributed by atoms with Crippen LogP contribution in [0.5, 0.6) is 11.5 Å². The summed E-state index contributed by atoms with van der Waals surface area (Å²) in [7, 11) is 1.62. The quantitative estimate of drug-likeness (QED) is 0.277. The molecule has 0 unspecified atom stereocenters. The van der Waals surface area contributed by atoms with E-state index in [4.69, 9.17) is 9.47 Å². The molecule has 37 heavy (non-hydrogen) atoms. The number of halogens is 1. The fourth-order valence-electron chi connectivity index (χ4n) is 3.99. The van der Waals surface area contributed by atoms with E-state index in [0.29, 0.717) is 30.3 Å². The minimum Gasteiger partial charge on any atom is -0.496 e. The predicted octanol–water partition coefficient (Wildman–Crippen LogP) is 6.24. The molecule has 7 heteroatoms. The van der Waals surface area contributed by atoms with Crippen molar-refractivity contribution in [1.82, 2.24) is 9.78 Å². The van der Waals surface area contributed by atoms with Crippen molar-refractivity contribution in [3.8, 4) is 11.5 Å². The van der Waals surface area contributed by atoms with E-state index in [1.165, 1.54) is 23.8 Å². The van der Waals surface area contributed by atoms with Crippen LogP contribution in [0.4, 0.5) is 10.1 Å². The maximum Gasteiger partial charge on any atom is 0.248 e. The number of aryl methyl sites for hydroxylation is 2. The van der Waals surface area contributed by atoms with E-state index in [1.807, 2.05) is 69.3 Å². The summed E-state index contributed by atoms with van der Waals surface area (Å²) in [6, 6.07) is 19.9. The Kier molecular flexibility index (Phi) is 8.03. The van der Waals surface area contributed by atoms with Gasteiger partial charge in [0, 0.05) is 11.6 Å². The van der Waals surface area contributed by atoms with Crippen LogP contribution in [0.2, 0.25) is 0 Å². The van der Waals surface area contributed by atoms with E-state index in [9.17, 15) is 9.18 Å². The molecule has 0 aliphatic carbocycles. The van der Waals surface area contributed by atoms with Crippen molar-refractivity contribution >= 4 is 17.7 Å². The molecule has 0 aliphatic rings. The smallest absolute Gasteiger partial charge is 0.248 e. The second kappa shape index (κ2) is 11.6. The number of rotatable bonds is 9. The molecule has 1 heterocycles. The fraction of sp³-hybridized carbons (Fsp3) is 0.200. The summed E-state index contributed by atoms with van der Waals surface area (Å²) < 4.78 is 26.7. The van der Waals surface area contributed by atoms with Gasteiger partial charge in [-0.15, -0.1) is 0 Å². The monoisotopic (exact) mass is 499 g/mol. The molecule has 0 radical (unpaired) electrons. The SMILES string of the molecule is COc1ccc(/C=C/C(=O)Nc2c(C)nn(Cc3cccc(F)c3)c2C)cc1COc1ccc(C)cc1. The highest BCUT2D eigenvalue weighted by Gasteiger charge is 2.14. The molecule has 4 rings (SSSR count). The zero-order valence-corrected chi connectivity index (χ0v) is 21.4. The minimum absolute atomic E-state index is 0.273. The molecular formula is C30H30FN3O3. The first-order valence-electron chi connectivity index (χ1n) is 12.0. The lowest BCUT2D eigenvalue weighted by molar-refractivity contribution is -0.111. The molecule has 0 fully saturated rings. The lowest BCUT2D eigenvalue weighted by atomic mass is 10.1. The first-order valence-corrected chi connectivity index (χ1v) is 12.0. The van der Waals surface area contributed by atoms with Crippen LogP contribution in [0.15, 0.2) is 72.8 Å². The Labute approximate surface area is 216 Å². The second-order valence-corrected chi connectivity index (χ2v) is 8.83. The third-order valence-corrected chi connectivity index (χ3v) is 6.00. The third kappa shape index (κ3) is 6.64. The van der Waals surface area contributed by atoms with Crippen LogP contribution in [-0.2, 0) is 17.9 Å². The molecule has 6 nitrogen and oxygen atoms in total. The number of hydrogen-bond acceptors (Lipinski definition) is 4. The van der Waals surface area contributed by atoms with E-state index in [-0.39, 0.29) is 11.7 Å². The van der Waals surface area contributed by atoms with E-state index in [1.54, 1.807) is 23.9 Å². The summed E-state index contributed by atoms with van der Waals surface area (Å²) in [5, 5.41) is 7.44. The summed E-state index contributed by atoms with van der Waals surface area (Å²) in [4.78, 5) is 12.7. The van der Waals surface area contributed by atoms with Crippen LogP contribution < -0.4 is 14.8 Å². The minimum atomic E-state index is -0.291. The number of hydrogen-bond donors (Lipinski definition) is 1. The molecule has 4 aromatic rings. The number of amides is 1. The molecule has 1 N–H and O–H groups in total. The number of anilines is 1. The van der Waals surface area contributed by atoms with Gasteiger partial charge in [-0.2, -0.15) is 5.10 Å². The highest BCUT2D eigenvalue weighted by Crippen LogP contribution is 2.24. The average Bonchev–Trinajstić information content (AvgIpc) is 3.14. The number of nitrogens with zero attached hydrogens (tertiary/aromatic N) is 2. The molecule has 0 aliphatic heterocycles. The van der Waals surface area contributed by atoms with Gasteiger partial charge in [0.1, 0.15) is 23.9 Å². The van der Waals surface area contributed by atoms with Crippen LogP contribution in [-0.4, -0.2) is 22.8 Å². The Hall–Kier alpha value is -4.39. The van der Waals surface area contributed by atoms with Gasteiger partial charge in [0.15, 0.2) is 0 Å². The fourth-order valence-corrected chi connectivity index (χ4v) is 3.99. The van der Waals surface area contributed by atoms with Gasteiger partial charge in [0.2, 0.25) is 5.91 Å². The third-order valence-electron chi connectivity index (χ3n) is 6.00. The maximum atomic E-state index is 13.5. The topological polar surface area (TPSA) is 65.4 Å². The molecule has 0 saturated heterocycles. The number of aromatic nitrogens is 2. The van der Waals surface area contributed by atoms with Gasteiger partial charge >= 0.3 is 0 Å². The summed E-state index contributed by atoms with van der Waals surface area (Å²) in [5.41, 5.74) is 5.81. The molecule has 1 amide bonds. The van der Waals surface area contributed by atoms with E-state index in [2.05, 4.69) is 10.4 Å². The van der Waals surface area contributed by atoms with E-state index < -0.39 is 0 Å². The van der Waals surface area contributed by atoms with Crippen molar-refractivity contribution in [2.45, 2.75) is 33.9 Å². The van der Waals surface area contributed by atoms with Crippen molar-refractivity contribution in [3.05, 3.63) is 112 Å². The normalized spacial score (nSPS) is 11.1. The first kappa shape index (κ1) is 25.7. The summed E-state index contributed by atoms with van der Waals surface area (Å²) >= 11 is 0. The number of methoxy groups -OCH3 is 1. The van der Waals surface area contributed by atoms with Gasteiger partial charge in [0.25, 0.3) is 0 Å². The van der Waals surface area contributed by atoms with Gasteiger partial charge in [-0.25, -0.2) is 4.39 Å². The average molecular weight is 500 g/mol. The molecule has 0 atom stereocenters. The summed E-state index contributed by atoms with van der Waals surface area (Å²) in [5.74, 6) is 0.924. The molecule has 190 valence electrons. The highest BCUT2D eigenvalue weighted by atomic mass is 19.1. The van der Waals surface area contributed by atoms with Crippen molar-refractivity contribution in [3.63, 3.8) is 0 Å². The van der Waals surface area contributed by atoms with Gasteiger partial charge in [-0.1, -0.05) is 35.9 Å². The predicted molar refractivity (Wildman–Crippen MR) is 143 cm³/mol. The maximum absolute atomic E-state index is 13.5. The van der Waals surface area contributed by atoms with Crippen molar-refractivity contribution in [1.29, 1.82) is 0 Å². The highest BCUT2D eigenvalue weighted by molar-refractivity contribution is 6.02. The summed E-state index contributed by atoms with van der Waals surface area (Å²) in [6.45, 7) is 6.49. The number of ether oxygens (including phenoxy) is 2. The Morgan fingerprint density at radius 3 is 2.57 bits per heavy atom. The van der Waals surface area contributed by atoms with Crippen LogP contribution in [0.25, 0.3) is 6.08 Å². The van der Waals surface area contributed by atoms with Crippen molar-refractivity contribution in [2.24, 2.45) is 0 Å². The molecule has 0 spiro atoms. The largest absolute Gasteiger partial charge is 0.496 e. The zero-order chi connectivity index (χ0) is 26.4. The van der Waals surface area contributed by atoms with Crippen LogP contribution in [0.3, 0.4) is 0 Å². The molecule has 3 aromatic carbocycles. The van der Waals surface area contributed by atoms with Crippen molar-refractivity contribution in [2.75, 3.05) is 12.4 Å². The second-order valence-electron chi connectivity index (χ2n) is 8.83. The standard InChI is InChI=1S/C30H30FN3O3/c1-20-8-12-27(13-9-20)37-19-25-16-23(10-14-28(25)36-4)11-15-29(35)32-30-21(2)33-34(22(30)3)18-24-6-5-7-26(31)17-24/h5-17H,18-19H2,1-4H3,(H,32,35)/b15-11+. The Morgan fingerprint density at radius 2 is 1.84 bits per heavy atom. The lowest BCUT2D eigenvalue weighted by Crippen LogP contribution is -2.10. The molecule has 0 bridgehead atoms. The van der Waals surface area contributed by atoms with Gasteiger partial charge in [-0.3, -0.25) is 9.48 Å². The number of benzene rings is 3. The number of carbonyl (C=O) groups excluding carboxylic acids is 1. The molecule has 1 aromatic heterocycles.